The van der Waals surface area contributed by atoms with E-state index in [1.807, 2.05) is 18.2 Å². The van der Waals surface area contributed by atoms with Crippen LogP contribution in [0.15, 0.2) is 42.6 Å². The summed E-state index contributed by atoms with van der Waals surface area (Å²) in [6, 6.07) is 10.6. The Morgan fingerprint density at radius 2 is 1.94 bits per heavy atom. The number of fused-ring (bicyclic) bond motifs is 1. The van der Waals surface area contributed by atoms with Crippen LogP contribution in [0.4, 0.5) is 5.69 Å². The highest BCUT2D eigenvalue weighted by Crippen LogP contribution is 2.34. The molecule has 4 heterocycles. The third-order valence-corrected chi connectivity index (χ3v) is 6.59. The second kappa shape index (κ2) is 10.1. The number of amides is 3. The van der Waals surface area contributed by atoms with Gasteiger partial charge in [0.2, 0.25) is 22.7 Å². The molecule has 2 aromatic heterocycles. The summed E-state index contributed by atoms with van der Waals surface area (Å²) in [5, 5.41) is 13.6. The molecule has 2 aliphatic rings. The van der Waals surface area contributed by atoms with Crippen molar-refractivity contribution in [3.05, 3.63) is 58.3 Å². The van der Waals surface area contributed by atoms with Crippen LogP contribution < -0.4 is 20.1 Å². The Kier molecular flexibility index (Phi) is 6.53. The van der Waals surface area contributed by atoms with E-state index in [2.05, 4.69) is 25.8 Å². The van der Waals surface area contributed by atoms with Gasteiger partial charge in [0.05, 0.1) is 18.2 Å². The first-order chi connectivity index (χ1) is 17.1. The number of nitrogens with zero attached hydrogens (tertiary/aromatic N) is 4. The molecule has 1 atom stereocenters. The zero-order chi connectivity index (χ0) is 24.2. The summed E-state index contributed by atoms with van der Waals surface area (Å²) >= 11 is 0.914. The molecule has 1 saturated heterocycles. The van der Waals surface area contributed by atoms with Crippen LogP contribution in [-0.2, 0) is 11.3 Å². The average Bonchev–Trinajstić information content (AvgIpc) is 3.57. The van der Waals surface area contributed by atoms with E-state index in [1.165, 1.54) is 0 Å². The lowest BCUT2D eigenvalue weighted by Gasteiger charge is -2.31. The second-order valence-electron chi connectivity index (χ2n) is 8.06. The smallest absolute Gasteiger partial charge is 0.286 e. The fourth-order valence-electron chi connectivity index (χ4n) is 3.90. The van der Waals surface area contributed by atoms with Crippen LogP contribution in [0.2, 0.25) is 0 Å². The summed E-state index contributed by atoms with van der Waals surface area (Å²) in [4.78, 5) is 44.0. The van der Waals surface area contributed by atoms with Crippen molar-refractivity contribution in [2.24, 2.45) is 5.92 Å². The van der Waals surface area contributed by atoms with Crippen LogP contribution in [0.25, 0.3) is 0 Å². The van der Waals surface area contributed by atoms with Crippen LogP contribution in [-0.4, -0.2) is 57.7 Å². The predicted octanol–water partition coefficient (Wildman–Crippen LogP) is 2.08. The van der Waals surface area contributed by atoms with Gasteiger partial charge in [-0.25, -0.2) is 0 Å². The van der Waals surface area contributed by atoms with Gasteiger partial charge in [-0.1, -0.05) is 17.4 Å². The van der Waals surface area contributed by atoms with Gasteiger partial charge in [-0.15, -0.1) is 10.2 Å². The van der Waals surface area contributed by atoms with Gasteiger partial charge in [-0.05, 0) is 37.1 Å². The van der Waals surface area contributed by atoms with Crippen LogP contribution in [0.5, 0.6) is 11.5 Å². The Labute approximate surface area is 204 Å². The maximum absolute atomic E-state index is 13.0. The molecule has 11 nitrogen and oxygen atoms in total. The quantitative estimate of drug-likeness (QED) is 0.532. The van der Waals surface area contributed by atoms with Gasteiger partial charge >= 0.3 is 0 Å². The molecule has 3 aromatic rings. The molecule has 1 fully saturated rings. The number of likely N-dealkylation sites (tertiary alicyclic amines) is 1. The molecular formula is C23H22N6O5S. The Hall–Kier alpha value is -4.06. The number of hydrogen-bond donors (Lipinski definition) is 2. The van der Waals surface area contributed by atoms with Crippen molar-refractivity contribution in [3.8, 4) is 11.5 Å². The Morgan fingerprint density at radius 1 is 1.09 bits per heavy atom. The minimum absolute atomic E-state index is 0.0627. The van der Waals surface area contributed by atoms with E-state index in [1.54, 1.807) is 29.3 Å². The lowest BCUT2D eigenvalue weighted by molar-refractivity contribution is -0.126. The highest BCUT2D eigenvalue weighted by molar-refractivity contribution is 7.15. The molecule has 180 valence electrons. The number of carbonyl (C=O) groups excluding carboxylic acids is 3. The number of piperidine rings is 1. The molecule has 0 spiro atoms. The highest BCUT2D eigenvalue weighted by atomic mass is 32.1. The number of benzene rings is 1. The van der Waals surface area contributed by atoms with E-state index in [9.17, 15) is 14.4 Å². The van der Waals surface area contributed by atoms with E-state index >= 15 is 0 Å². The van der Waals surface area contributed by atoms with Gasteiger partial charge < -0.3 is 25.0 Å². The molecule has 5 rings (SSSR count). The summed E-state index contributed by atoms with van der Waals surface area (Å²) in [6.45, 7) is 1.27. The van der Waals surface area contributed by atoms with Crippen molar-refractivity contribution in [1.82, 2.24) is 25.4 Å². The number of hydrogen-bond acceptors (Lipinski definition) is 9. The highest BCUT2D eigenvalue weighted by Gasteiger charge is 2.31. The van der Waals surface area contributed by atoms with Crippen molar-refractivity contribution >= 4 is 34.7 Å². The fraction of sp³-hybridized carbons (Fsp3) is 0.304. The van der Waals surface area contributed by atoms with Crippen LogP contribution in [0, 0.1) is 5.92 Å². The Bertz CT molecular complexity index is 1250. The first-order valence-corrected chi connectivity index (χ1v) is 11.9. The summed E-state index contributed by atoms with van der Waals surface area (Å²) in [5.74, 6) is -0.110. The van der Waals surface area contributed by atoms with Crippen molar-refractivity contribution in [3.63, 3.8) is 0 Å². The lowest BCUT2D eigenvalue weighted by atomic mass is 9.97. The van der Waals surface area contributed by atoms with Crippen molar-refractivity contribution in [1.29, 1.82) is 0 Å². The molecule has 1 unspecified atom stereocenters. The maximum Gasteiger partial charge on any atom is 0.286 e. The number of pyridine rings is 1. The minimum Gasteiger partial charge on any atom is -0.454 e. The molecule has 0 bridgehead atoms. The first-order valence-electron chi connectivity index (χ1n) is 11.1. The third kappa shape index (κ3) is 5.22. The zero-order valence-corrected chi connectivity index (χ0v) is 19.4. The Morgan fingerprint density at radius 3 is 2.80 bits per heavy atom. The average molecular weight is 495 g/mol. The molecule has 0 saturated carbocycles. The topological polar surface area (TPSA) is 136 Å². The van der Waals surface area contributed by atoms with Gasteiger partial charge in [0, 0.05) is 31.0 Å². The number of ether oxygens (including phenoxy) is 2. The van der Waals surface area contributed by atoms with Crippen LogP contribution in [0.1, 0.15) is 38.1 Å². The standard InChI is InChI=1S/C23H22N6O5S/c30-19(25-11-16-5-1-2-8-24-16)14-4-3-9-29(12-14)23(32)22-28-27-21(35-22)20(31)26-15-6-7-17-18(10-15)34-13-33-17/h1-2,5-8,10,14H,3-4,9,11-13H2,(H,25,30)(H,26,31). The molecule has 12 heteroatoms. The molecule has 0 radical (unpaired) electrons. The maximum atomic E-state index is 13.0. The molecule has 2 N–H and O–H groups in total. The largest absolute Gasteiger partial charge is 0.454 e. The fourth-order valence-corrected chi connectivity index (χ4v) is 4.60. The molecule has 2 aliphatic heterocycles. The Balaban J connectivity index is 1.17. The SMILES string of the molecule is O=C(Nc1ccc2c(c1)OCO2)c1nnc(C(=O)N2CCCC(C(=O)NCc3ccccn3)C2)s1. The van der Waals surface area contributed by atoms with E-state index in [0.29, 0.717) is 43.1 Å². The summed E-state index contributed by atoms with van der Waals surface area (Å²) < 4.78 is 10.6. The van der Waals surface area contributed by atoms with Gasteiger partial charge in [0.15, 0.2) is 11.5 Å². The van der Waals surface area contributed by atoms with E-state index in [4.69, 9.17) is 9.47 Å². The monoisotopic (exact) mass is 494 g/mol. The second-order valence-corrected chi connectivity index (χ2v) is 9.04. The van der Waals surface area contributed by atoms with Crippen molar-refractivity contribution < 1.29 is 23.9 Å². The van der Waals surface area contributed by atoms with Gasteiger partial charge in [-0.3, -0.25) is 19.4 Å². The molecule has 1 aromatic carbocycles. The molecular weight excluding hydrogens is 472 g/mol. The van der Waals surface area contributed by atoms with Crippen LogP contribution in [0.3, 0.4) is 0 Å². The van der Waals surface area contributed by atoms with Crippen molar-refractivity contribution in [2.45, 2.75) is 19.4 Å². The normalized spacial score (nSPS) is 16.6. The van der Waals surface area contributed by atoms with Crippen LogP contribution >= 0.6 is 11.3 Å². The molecule has 35 heavy (non-hydrogen) atoms. The number of rotatable bonds is 6. The minimum atomic E-state index is -0.481. The molecule has 0 aliphatic carbocycles. The molecule has 3 amide bonds. The third-order valence-electron chi connectivity index (χ3n) is 5.68. The number of carbonyl (C=O) groups is 3. The van der Waals surface area contributed by atoms with Gasteiger partial charge in [0.25, 0.3) is 11.8 Å². The van der Waals surface area contributed by atoms with Gasteiger partial charge in [-0.2, -0.15) is 0 Å². The number of aromatic nitrogens is 3. The van der Waals surface area contributed by atoms with Gasteiger partial charge in [0.1, 0.15) is 0 Å². The number of nitrogens with one attached hydrogen (secondary N) is 2. The van der Waals surface area contributed by atoms with E-state index < -0.39 is 5.91 Å². The number of anilines is 1. The van der Waals surface area contributed by atoms with Crippen molar-refractivity contribution in [2.75, 3.05) is 25.2 Å². The zero-order valence-electron chi connectivity index (χ0n) is 18.6. The van der Waals surface area contributed by atoms with E-state index in [0.717, 1.165) is 17.0 Å². The summed E-state index contributed by atoms with van der Waals surface area (Å²) in [5.41, 5.74) is 1.28. The predicted molar refractivity (Wildman–Crippen MR) is 125 cm³/mol. The lowest BCUT2D eigenvalue weighted by Crippen LogP contribution is -2.45. The first kappa shape index (κ1) is 22.7. The summed E-state index contributed by atoms with van der Waals surface area (Å²) in [7, 11) is 0. The summed E-state index contributed by atoms with van der Waals surface area (Å²) in [6.07, 6.45) is 3.06. The van der Waals surface area contributed by atoms with E-state index in [-0.39, 0.29) is 41.1 Å².